The van der Waals surface area contributed by atoms with E-state index in [4.69, 9.17) is 28.1 Å². The van der Waals surface area contributed by atoms with E-state index < -0.39 is 5.91 Å². The molecule has 5 N–H and O–H groups in total. The van der Waals surface area contributed by atoms with E-state index in [9.17, 15) is 9.59 Å². The standard InChI is InChI=1S/C27H33ClN8O2/c1-4-11-36-16(3)15(2)18-14-17(5-6-19(18)36)26(38)35-12-9-27(10-13-35)8-7-20(34-27)31-25(37)21-23(29)33-24(30)22(28)32-21/h5-6,14H,4,7-13H2,1-3H3,(H4,29,30,33)(H,31,34,37). The first-order chi connectivity index (χ1) is 18.1. The fourth-order valence-corrected chi connectivity index (χ4v) is 5.73. The monoisotopic (exact) mass is 536 g/mol. The normalized spacial score (nSPS) is 16.7. The maximum absolute atomic E-state index is 13.4. The number of nitrogens with one attached hydrogen (secondary N) is 1. The molecule has 4 heterocycles. The van der Waals surface area contributed by atoms with Gasteiger partial charge in [-0.2, -0.15) is 0 Å². The molecule has 11 heteroatoms. The molecule has 1 spiro atoms. The highest BCUT2D eigenvalue weighted by Crippen LogP contribution is 2.36. The Morgan fingerprint density at radius 1 is 1.11 bits per heavy atom. The van der Waals surface area contributed by atoms with Crippen molar-refractivity contribution in [1.82, 2.24) is 24.8 Å². The third-order valence-electron chi connectivity index (χ3n) is 7.89. The van der Waals surface area contributed by atoms with E-state index in [2.05, 4.69) is 46.7 Å². The lowest BCUT2D eigenvalue weighted by Gasteiger charge is -2.37. The zero-order valence-corrected chi connectivity index (χ0v) is 22.7. The van der Waals surface area contributed by atoms with Crippen molar-refractivity contribution in [2.75, 3.05) is 24.6 Å². The van der Waals surface area contributed by atoms with Gasteiger partial charge >= 0.3 is 0 Å². The van der Waals surface area contributed by atoms with Crippen LogP contribution in [0.5, 0.6) is 0 Å². The van der Waals surface area contributed by atoms with Crippen LogP contribution in [0.4, 0.5) is 11.6 Å². The SMILES string of the molecule is CCCn1c(C)c(C)c2cc(C(=O)N3CCC4(CCC(NC(=O)c5nc(Cl)c(N)nc5N)=N4)CC3)ccc21. The molecule has 0 aliphatic carbocycles. The van der Waals surface area contributed by atoms with Crippen molar-refractivity contribution in [2.24, 2.45) is 4.99 Å². The van der Waals surface area contributed by atoms with Gasteiger partial charge < -0.3 is 26.3 Å². The Kier molecular flexibility index (Phi) is 6.77. The lowest BCUT2D eigenvalue weighted by Crippen LogP contribution is -2.45. The van der Waals surface area contributed by atoms with Gasteiger partial charge in [0, 0.05) is 48.2 Å². The Labute approximate surface area is 226 Å². The van der Waals surface area contributed by atoms with E-state index >= 15 is 0 Å². The Bertz CT molecular complexity index is 1470. The van der Waals surface area contributed by atoms with Crippen LogP contribution in [0, 0.1) is 13.8 Å². The predicted octanol–water partition coefficient (Wildman–Crippen LogP) is 3.87. The molecule has 10 nitrogen and oxygen atoms in total. The molecule has 2 aromatic heterocycles. The number of piperidine rings is 1. The molecule has 2 aliphatic heterocycles. The van der Waals surface area contributed by atoms with Crippen LogP contribution >= 0.6 is 11.6 Å². The van der Waals surface area contributed by atoms with Crippen LogP contribution in [0.1, 0.15) is 71.1 Å². The summed E-state index contributed by atoms with van der Waals surface area (Å²) in [5, 5.41) is 3.87. The molecule has 1 saturated heterocycles. The molecule has 200 valence electrons. The van der Waals surface area contributed by atoms with Crippen molar-refractivity contribution < 1.29 is 9.59 Å². The average molecular weight is 537 g/mol. The van der Waals surface area contributed by atoms with Gasteiger partial charge in [0.05, 0.1) is 5.54 Å². The molecule has 0 saturated carbocycles. The van der Waals surface area contributed by atoms with Crippen LogP contribution in [0.15, 0.2) is 23.2 Å². The largest absolute Gasteiger partial charge is 0.382 e. The molecular formula is C27H33ClN8O2. The second-order valence-corrected chi connectivity index (χ2v) is 10.6. The van der Waals surface area contributed by atoms with Gasteiger partial charge in [-0.15, -0.1) is 0 Å². The summed E-state index contributed by atoms with van der Waals surface area (Å²) >= 11 is 5.91. The van der Waals surface area contributed by atoms with Crippen molar-refractivity contribution >= 4 is 51.8 Å². The number of halogens is 1. The number of aliphatic imine (C=N–C) groups is 1. The van der Waals surface area contributed by atoms with Gasteiger partial charge in [0.1, 0.15) is 5.84 Å². The number of anilines is 2. The maximum atomic E-state index is 13.4. The van der Waals surface area contributed by atoms with Gasteiger partial charge in [0.2, 0.25) is 0 Å². The maximum Gasteiger partial charge on any atom is 0.279 e. The van der Waals surface area contributed by atoms with Gasteiger partial charge in [-0.25, -0.2) is 9.97 Å². The van der Waals surface area contributed by atoms with Gasteiger partial charge in [-0.1, -0.05) is 18.5 Å². The van der Waals surface area contributed by atoms with E-state index in [1.807, 2.05) is 17.0 Å². The van der Waals surface area contributed by atoms with Crippen molar-refractivity contribution in [3.05, 3.63) is 45.9 Å². The summed E-state index contributed by atoms with van der Waals surface area (Å²) in [6, 6.07) is 6.06. The number of aromatic nitrogens is 3. The van der Waals surface area contributed by atoms with E-state index in [0.717, 1.165) is 37.6 Å². The van der Waals surface area contributed by atoms with Crippen molar-refractivity contribution in [3.8, 4) is 0 Å². The second-order valence-electron chi connectivity index (χ2n) is 10.3. The van der Waals surface area contributed by atoms with Gasteiger partial charge in [0.25, 0.3) is 11.8 Å². The minimum Gasteiger partial charge on any atom is -0.382 e. The highest BCUT2D eigenvalue weighted by atomic mass is 35.5. The summed E-state index contributed by atoms with van der Waals surface area (Å²) < 4.78 is 2.33. The zero-order chi connectivity index (χ0) is 27.2. The van der Waals surface area contributed by atoms with Crippen LogP contribution in [0.3, 0.4) is 0 Å². The summed E-state index contributed by atoms with van der Waals surface area (Å²) in [7, 11) is 0. The number of hydrogen-bond acceptors (Lipinski definition) is 7. The molecule has 0 atom stereocenters. The number of amidine groups is 1. The third kappa shape index (κ3) is 4.57. The van der Waals surface area contributed by atoms with Gasteiger partial charge in [0.15, 0.2) is 22.5 Å². The number of nitrogen functional groups attached to an aromatic ring is 2. The number of rotatable bonds is 4. The first kappa shape index (κ1) is 26.0. The third-order valence-corrected chi connectivity index (χ3v) is 8.17. The number of likely N-dealkylation sites (tertiary alicyclic amines) is 1. The molecule has 2 amide bonds. The Morgan fingerprint density at radius 2 is 1.84 bits per heavy atom. The molecule has 0 bridgehead atoms. The fourth-order valence-electron chi connectivity index (χ4n) is 5.60. The van der Waals surface area contributed by atoms with Crippen LogP contribution in [0.2, 0.25) is 5.15 Å². The number of carbonyl (C=O) groups excluding carboxylic acids is 2. The van der Waals surface area contributed by atoms with E-state index in [-0.39, 0.29) is 33.9 Å². The summed E-state index contributed by atoms with van der Waals surface area (Å²) in [6.07, 6.45) is 3.97. The van der Waals surface area contributed by atoms with Crippen LogP contribution < -0.4 is 16.8 Å². The summed E-state index contributed by atoms with van der Waals surface area (Å²) in [5.41, 5.74) is 15.4. The molecule has 3 aromatic rings. The number of hydrogen-bond donors (Lipinski definition) is 3. The highest BCUT2D eigenvalue weighted by molar-refractivity contribution is 6.31. The minimum atomic E-state index is -0.519. The Morgan fingerprint density at radius 3 is 2.55 bits per heavy atom. The number of aryl methyl sites for hydroxylation is 2. The number of benzene rings is 1. The predicted molar refractivity (Wildman–Crippen MR) is 150 cm³/mol. The summed E-state index contributed by atoms with van der Waals surface area (Å²) in [5.74, 6) is -0.00750. The number of nitrogens with zero attached hydrogens (tertiary/aromatic N) is 5. The first-order valence-electron chi connectivity index (χ1n) is 13.0. The molecule has 0 unspecified atom stereocenters. The number of amides is 2. The van der Waals surface area contributed by atoms with Gasteiger partial charge in [-0.05, 0) is 63.3 Å². The smallest absolute Gasteiger partial charge is 0.279 e. The second kappa shape index (κ2) is 9.90. The Hall–Kier alpha value is -3.66. The van der Waals surface area contributed by atoms with Gasteiger partial charge in [-0.3, -0.25) is 14.6 Å². The van der Waals surface area contributed by atoms with Crippen molar-refractivity contribution in [1.29, 1.82) is 0 Å². The molecular weight excluding hydrogens is 504 g/mol. The average Bonchev–Trinajstić information content (AvgIpc) is 3.39. The van der Waals surface area contributed by atoms with Crippen molar-refractivity contribution in [2.45, 2.75) is 65.0 Å². The fraction of sp³-hybridized carbons (Fsp3) is 0.444. The minimum absolute atomic E-state index is 0.0285. The van der Waals surface area contributed by atoms with E-state index in [1.54, 1.807) is 0 Å². The van der Waals surface area contributed by atoms with Crippen molar-refractivity contribution in [3.63, 3.8) is 0 Å². The first-order valence-corrected chi connectivity index (χ1v) is 13.4. The topological polar surface area (TPSA) is 145 Å². The number of carbonyl (C=O) groups is 2. The van der Waals surface area contributed by atoms with Crippen LogP contribution in [0.25, 0.3) is 10.9 Å². The van der Waals surface area contributed by atoms with E-state index in [1.165, 1.54) is 16.8 Å². The summed E-state index contributed by atoms with van der Waals surface area (Å²) in [4.78, 5) is 40.7. The molecule has 38 heavy (non-hydrogen) atoms. The molecule has 5 rings (SSSR count). The molecule has 1 fully saturated rings. The quantitative estimate of drug-likeness (QED) is 0.461. The van der Waals surface area contributed by atoms with E-state index in [0.29, 0.717) is 30.9 Å². The highest BCUT2D eigenvalue weighted by Gasteiger charge is 2.40. The zero-order valence-electron chi connectivity index (χ0n) is 22.0. The molecule has 0 radical (unpaired) electrons. The Balaban J connectivity index is 1.26. The number of fused-ring (bicyclic) bond motifs is 1. The molecule has 1 aromatic carbocycles. The summed E-state index contributed by atoms with van der Waals surface area (Å²) in [6.45, 7) is 8.63. The number of nitrogens with two attached hydrogens (primary N) is 2. The lowest BCUT2D eigenvalue weighted by atomic mass is 9.86. The molecule has 2 aliphatic rings. The lowest BCUT2D eigenvalue weighted by molar-refractivity contribution is 0.0673. The van der Waals surface area contributed by atoms with Crippen LogP contribution in [-0.2, 0) is 6.54 Å². The van der Waals surface area contributed by atoms with Crippen LogP contribution in [-0.4, -0.2) is 55.7 Å².